The van der Waals surface area contributed by atoms with Gasteiger partial charge in [-0.3, -0.25) is 4.79 Å². The molecule has 0 radical (unpaired) electrons. The molecule has 0 aromatic carbocycles. The summed E-state index contributed by atoms with van der Waals surface area (Å²) >= 11 is 0. The predicted molar refractivity (Wildman–Crippen MR) is 94.2 cm³/mol. The number of rotatable bonds is 4. The number of aromatic nitrogens is 2. The molecule has 0 aliphatic carbocycles. The molecule has 1 aliphatic heterocycles. The van der Waals surface area contributed by atoms with Crippen molar-refractivity contribution in [2.75, 3.05) is 12.3 Å². The van der Waals surface area contributed by atoms with Gasteiger partial charge >= 0.3 is 13.3 Å². The van der Waals surface area contributed by atoms with Gasteiger partial charge in [0.1, 0.15) is 0 Å². The Hall–Kier alpha value is -2.14. The molecule has 0 bridgehead atoms. The van der Waals surface area contributed by atoms with Crippen LogP contribution in [0.15, 0.2) is 11.7 Å². The van der Waals surface area contributed by atoms with E-state index in [0.717, 1.165) is 6.20 Å². The number of hydrogen-bond donors (Lipinski definition) is 2. The van der Waals surface area contributed by atoms with Gasteiger partial charge < -0.3 is 20.4 Å². The molecule has 7 nitrogen and oxygen atoms in total. The van der Waals surface area contributed by atoms with Crippen molar-refractivity contribution < 1.29 is 27.3 Å². The van der Waals surface area contributed by atoms with Crippen molar-refractivity contribution in [2.45, 2.75) is 52.0 Å². The maximum atomic E-state index is 13.3. The Bertz CT molecular complexity index is 750. The van der Waals surface area contributed by atoms with E-state index in [1.807, 2.05) is 27.7 Å². The zero-order chi connectivity index (χ0) is 20.6. The summed E-state index contributed by atoms with van der Waals surface area (Å²) in [5.41, 5.74) is 2.72. The first-order chi connectivity index (χ1) is 12.2. The van der Waals surface area contributed by atoms with Crippen LogP contribution in [0.3, 0.4) is 0 Å². The summed E-state index contributed by atoms with van der Waals surface area (Å²) in [5.74, 6) is -0.833. The number of carbonyl (C=O) groups is 1. The summed E-state index contributed by atoms with van der Waals surface area (Å²) in [5, 5.41) is 2.55. The maximum Gasteiger partial charge on any atom is 0.492 e. The van der Waals surface area contributed by atoms with E-state index in [-0.39, 0.29) is 18.0 Å². The largest absolute Gasteiger partial charge is 0.492 e. The van der Waals surface area contributed by atoms with Crippen molar-refractivity contribution in [1.29, 1.82) is 0 Å². The van der Waals surface area contributed by atoms with E-state index in [1.165, 1.54) is 13.0 Å². The third kappa shape index (κ3) is 4.78. The highest BCUT2D eigenvalue weighted by Crippen LogP contribution is 2.39. The molecule has 2 rings (SSSR count). The van der Waals surface area contributed by atoms with Crippen LogP contribution in [-0.2, 0) is 20.3 Å². The van der Waals surface area contributed by atoms with Gasteiger partial charge in [0.25, 0.3) is 0 Å². The number of carbonyl (C=O) groups excluding carboxylic acids is 1. The SMILES string of the molecule is CC(=O)NCC(=Cc1cnc(N)nc1C(F)(F)F)B1OC(C)(C)C(C)(C)O1. The summed E-state index contributed by atoms with van der Waals surface area (Å²) < 4.78 is 51.7. The molecule has 1 aromatic rings. The van der Waals surface area contributed by atoms with Gasteiger partial charge in [0.05, 0.1) is 11.2 Å². The lowest BCUT2D eigenvalue weighted by Gasteiger charge is -2.32. The molecular weight excluding hydrogens is 364 g/mol. The molecule has 1 fully saturated rings. The Labute approximate surface area is 155 Å². The molecule has 148 valence electrons. The van der Waals surface area contributed by atoms with Crippen LogP contribution in [0.5, 0.6) is 0 Å². The van der Waals surface area contributed by atoms with Gasteiger partial charge in [0, 0.05) is 25.2 Å². The second kappa shape index (κ2) is 7.12. The zero-order valence-electron chi connectivity index (χ0n) is 15.8. The number of hydrogen-bond acceptors (Lipinski definition) is 6. The van der Waals surface area contributed by atoms with Crippen LogP contribution in [0, 0.1) is 0 Å². The second-order valence-electron chi connectivity index (χ2n) is 7.25. The Morgan fingerprint density at radius 3 is 2.33 bits per heavy atom. The molecule has 1 aliphatic rings. The number of anilines is 1. The average Bonchev–Trinajstić information content (AvgIpc) is 2.71. The summed E-state index contributed by atoms with van der Waals surface area (Å²) in [7, 11) is -0.944. The van der Waals surface area contributed by atoms with Gasteiger partial charge in [-0.25, -0.2) is 9.97 Å². The van der Waals surface area contributed by atoms with Gasteiger partial charge in [-0.15, -0.1) is 0 Å². The number of nitrogens with one attached hydrogen (secondary N) is 1. The lowest BCUT2D eigenvalue weighted by molar-refractivity contribution is -0.141. The first-order valence-corrected chi connectivity index (χ1v) is 8.23. The third-order valence-electron chi connectivity index (χ3n) is 4.54. The minimum absolute atomic E-state index is 0.0617. The fourth-order valence-electron chi connectivity index (χ4n) is 2.36. The molecule has 1 amide bonds. The Morgan fingerprint density at radius 2 is 1.85 bits per heavy atom. The molecule has 1 saturated heterocycles. The Balaban J connectivity index is 2.48. The summed E-state index contributed by atoms with van der Waals surface area (Å²) in [6.45, 7) is 8.50. The highest BCUT2D eigenvalue weighted by atomic mass is 19.4. The Morgan fingerprint density at radius 1 is 1.30 bits per heavy atom. The van der Waals surface area contributed by atoms with Gasteiger partial charge in [0.15, 0.2) is 5.69 Å². The molecule has 2 heterocycles. The van der Waals surface area contributed by atoms with E-state index in [2.05, 4.69) is 15.3 Å². The van der Waals surface area contributed by atoms with Gasteiger partial charge in [-0.2, -0.15) is 13.2 Å². The van der Waals surface area contributed by atoms with E-state index < -0.39 is 36.1 Å². The second-order valence-corrected chi connectivity index (χ2v) is 7.25. The van der Waals surface area contributed by atoms with Crippen LogP contribution in [0.1, 0.15) is 45.9 Å². The van der Waals surface area contributed by atoms with Crippen molar-refractivity contribution >= 4 is 25.0 Å². The van der Waals surface area contributed by atoms with E-state index in [0.29, 0.717) is 5.47 Å². The van der Waals surface area contributed by atoms with Crippen LogP contribution in [0.25, 0.3) is 6.08 Å². The monoisotopic (exact) mass is 386 g/mol. The third-order valence-corrected chi connectivity index (χ3v) is 4.54. The number of nitrogens with two attached hydrogens (primary N) is 1. The van der Waals surface area contributed by atoms with E-state index in [4.69, 9.17) is 15.0 Å². The van der Waals surface area contributed by atoms with Crippen molar-refractivity contribution in [3.8, 4) is 0 Å². The van der Waals surface area contributed by atoms with Crippen LogP contribution < -0.4 is 11.1 Å². The number of alkyl halides is 3. The highest BCUT2D eigenvalue weighted by Gasteiger charge is 2.52. The molecule has 11 heteroatoms. The minimum Gasteiger partial charge on any atom is -0.400 e. The van der Waals surface area contributed by atoms with Crippen molar-refractivity contribution in [3.05, 3.63) is 22.9 Å². The molecule has 0 atom stereocenters. The smallest absolute Gasteiger partial charge is 0.400 e. The molecule has 27 heavy (non-hydrogen) atoms. The number of nitrogens with zero attached hydrogens (tertiary/aromatic N) is 2. The maximum absolute atomic E-state index is 13.3. The highest BCUT2D eigenvalue weighted by molar-refractivity contribution is 6.56. The number of nitrogen functional groups attached to an aromatic ring is 1. The standard InChI is InChI=1S/C16H22BF3N4O3/c1-9(25)22-8-11(17-26-14(2,3)15(4,5)27-17)6-10-7-23-13(21)24-12(10)16(18,19)20/h6-7H,8H2,1-5H3,(H,22,25)(H2,21,23,24). The zero-order valence-corrected chi connectivity index (χ0v) is 15.8. The number of amides is 1. The average molecular weight is 386 g/mol. The molecule has 0 spiro atoms. The van der Waals surface area contributed by atoms with Crippen molar-refractivity contribution in [1.82, 2.24) is 15.3 Å². The van der Waals surface area contributed by atoms with Crippen LogP contribution in [0.2, 0.25) is 0 Å². The summed E-state index contributed by atoms with van der Waals surface area (Å²) in [4.78, 5) is 18.2. The van der Waals surface area contributed by atoms with E-state index in [1.54, 1.807) is 0 Å². The van der Waals surface area contributed by atoms with Crippen LogP contribution in [0.4, 0.5) is 19.1 Å². The first kappa shape index (κ1) is 21.2. The van der Waals surface area contributed by atoms with Gasteiger partial charge in [-0.1, -0.05) is 6.08 Å². The molecule has 3 N–H and O–H groups in total. The fraction of sp³-hybridized carbons (Fsp3) is 0.562. The predicted octanol–water partition coefficient (Wildman–Crippen LogP) is 2.23. The summed E-state index contributed by atoms with van der Waals surface area (Å²) in [6, 6.07) is 0. The van der Waals surface area contributed by atoms with Gasteiger partial charge in [0.2, 0.25) is 11.9 Å². The van der Waals surface area contributed by atoms with Crippen molar-refractivity contribution in [3.63, 3.8) is 0 Å². The first-order valence-electron chi connectivity index (χ1n) is 8.23. The molecule has 1 aromatic heterocycles. The molecule has 0 unspecified atom stereocenters. The molecular formula is C16H22BF3N4O3. The Kier molecular flexibility index (Phi) is 5.58. The van der Waals surface area contributed by atoms with Crippen LogP contribution in [-0.4, -0.2) is 40.7 Å². The van der Waals surface area contributed by atoms with Gasteiger partial charge in [-0.05, 0) is 33.2 Å². The molecule has 0 saturated carbocycles. The van der Waals surface area contributed by atoms with E-state index >= 15 is 0 Å². The number of halogens is 3. The quantitative estimate of drug-likeness (QED) is 0.770. The van der Waals surface area contributed by atoms with Crippen molar-refractivity contribution in [2.24, 2.45) is 0 Å². The normalized spacial score (nSPS) is 19.3. The van der Waals surface area contributed by atoms with Crippen LogP contribution >= 0.6 is 0 Å². The fourth-order valence-corrected chi connectivity index (χ4v) is 2.36. The lowest BCUT2D eigenvalue weighted by atomic mass is 9.77. The minimum atomic E-state index is -4.72. The topological polar surface area (TPSA) is 99.4 Å². The lowest BCUT2D eigenvalue weighted by Crippen LogP contribution is -2.41. The van der Waals surface area contributed by atoms with E-state index in [9.17, 15) is 18.0 Å². The summed E-state index contributed by atoms with van der Waals surface area (Å²) in [6.07, 6.45) is -2.54.